The third-order valence-corrected chi connectivity index (χ3v) is 3.07. The van der Waals surface area contributed by atoms with E-state index in [2.05, 4.69) is 33.1 Å². The van der Waals surface area contributed by atoms with Crippen molar-refractivity contribution in [3.8, 4) is 0 Å². The minimum Gasteiger partial charge on any atom is -0.279 e. The van der Waals surface area contributed by atoms with Crippen LogP contribution in [0.25, 0.3) is 0 Å². The van der Waals surface area contributed by atoms with Crippen LogP contribution in [0.1, 0.15) is 5.56 Å². The quantitative estimate of drug-likeness (QED) is 0.388. The summed E-state index contributed by atoms with van der Waals surface area (Å²) in [5.74, 6) is 0. The molecule has 5 nitrogen and oxygen atoms in total. The number of hydrogen-bond donors (Lipinski definition) is 1. The summed E-state index contributed by atoms with van der Waals surface area (Å²) in [6, 6.07) is 14.0. The highest BCUT2D eigenvalue weighted by atomic mass is 127. The van der Waals surface area contributed by atoms with Gasteiger partial charge in [-0.3, -0.25) is 15.5 Å². The smallest absolute Gasteiger partial charge is 0.269 e. The topological polar surface area (TPSA) is 67.5 Å². The Morgan fingerprint density at radius 3 is 2.32 bits per heavy atom. The zero-order valence-electron chi connectivity index (χ0n) is 9.79. The fourth-order valence-corrected chi connectivity index (χ4v) is 1.75. The van der Waals surface area contributed by atoms with Gasteiger partial charge < -0.3 is 0 Å². The van der Waals surface area contributed by atoms with Crippen LogP contribution in [0.4, 0.5) is 11.4 Å². The molecule has 0 heterocycles. The molecule has 0 atom stereocenters. The van der Waals surface area contributed by atoms with Crippen molar-refractivity contribution in [2.45, 2.75) is 0 Å². The number of halogens is 1. The molecule has 0 aliphatic rings. The Balaban J connectivity index is 1.98. The Kier molecular flexibility index (Phi) is 4.45. The van der Waals surface area contributed by atoms with Gasteiger partial charge in [0.2, 0.25) is 0 Å². The largest absolute Gasteiger partial charge is 0.279 e. The second-order valence-corrected chi connectivity index (χ2v) is 4.97. The van der Waals surface area contributed by atoms with Gasteiger partial charge in [-0.2, -0.15) is 5.10 Å². The molecule has 0 saturated heterocycles. The number of hydrogen-bond acceptors (Lipinski definition) is 4. The van der Waals surface area contributed by atoms with E-state index < -0.39 is 4.92 Å². The normalized spacial score (nSPS) is 10.6. The molecule has 2 aromatic carbocycles. The van der Waals surface area contributed by atoms with Crippen LogP contribution < -0.4 is 5.43 Å². The fourth-order valence-electron chi connectivity index (χ4n) is 1.39. The number of nitro benzene ring substituents is 1. The van der Waals surface area contributed by atoms with Crippen molar-refractivity contribution in [1.82, 2.24) is 0 Å². The molecule has 2 aromatic rings. The van der Waals surface area contributed by atoms with Gasteiger partial charge >= 0.3 is 0 Å². The first-order valence-corrected chi connectivity index (χ1v) is 6.52. The third kappa shape index (κ3) is 4.02. The molecule has 0 aliphatic heterocycles. The molecule has 6 heteroatoms. The zero-order valence-corrected chi connectivity index (χ0v) is 11.9. The van der Waals surface area contributed by atoms with E-state index in [1.807, 2.05) is 24.3 Å². The zero-order chi connectivity index (χ0) is 13.7. The van der Waals surface area contributed by atoms with Crippen LogP contribution in [0.3, 0.4) is 0 Å². The number of nitro groups is 1. The number of nitrogens with zero attached hydrogens (tertiary/aromatic N) is 2. The summed E-state index contributed by atoms with van der Waals surface area (Å²) >= 11 is 2.23. The molecule has 2 rings (SSSR count). The van der Waals surface area contributed by atoms with Crippen molar-refractivity contribution in [1.29, 1.82) is 0 Å². The highest BCUT2D eigenvalue weighted by Gasteiger charge is 2.02. The SMILES string of the molecule is O=[N+]([O-])c1ccc(/C=N/Nc2ccc(I)cc2)cc1. The van der Waals surface area contributed by atoms with Gasteiger partial charge in [-0.25, -0.2) is 0 Å². The van der Waals surface area contributed by atoms with E-state index >= 15 is 0 Å². The second-order valence-electron chi connectivity index (χ2n) is 3.73. The Morgan fingerprint density at radius 1 is 1.11 bits per heavy atom. The minimum absolute atomic E-state index is 0.0720. The number of rotatable bonds is 4. The summed E-state index contributed by atoms with van der Waals surface area (Å²) in [5.41, 5.74) is 4.64. The lowest BCUT2D eigenvalue weighted by atomic mass is 10.2. The minimum atomic E-state index is -0.426. The van der Waals surface area contributed by atoms with E-state index in [1.54, 1.807) is 18.3 Å². The Hall–Kier alpha value is -1.96. The molecule has 19 heavy (non-hydrogen) atoms. The van der Waals surface area contributed by atoms with Crippen LogP contribution >= 0.6 is 22.6 Å². The van der Waals surface area contributed by atoms with Crippen LogP contribution in [-0.4, -0.2) is 11.1 Å². The van der Waals surface area contributed by atoms with Crippen molar-refractivity contribution >= 4 is 40.2 Å². The molecular formula is C13H10IN3O2. The van der Waals surface area contributed by atoms with Crippen LogP contribution in [0.5, 0.6) is 0 Å². The predicted molar refractivity (Wildman–Crippen MR) is 83.5 cm³/mol. The molecule has 0 amide bonds. The first-order chi connectivity index (χ1) is 9.15. The molecule has 96 valence electrons. The van der Waals surface area contributed by atoms with Crippen LogP contribution in [0, 0.1) is 13.7 Å². The summed E-state index contributed by atoms with van der Waals surface area (Å²) in [7, 11) is 0. The van der Waals surface area contributed by atoms with Crippen LogP contribution in [0.15, 0.2) is 53.6 Å². The third-order valence-electron chi connectivity index (χ3n) is 2.36. The Labute approximate surface area is 123 Å². The second kappa shape index (κ2) is 6.28. The lowest BCUT2D eigenvalue weighted by Crippen LogP contribution is -1.91. The molecule has 0 fully saturated rings. The van der Waals surface area contributed by atoms with E-state index in [4.69, 9.17) is 0 Å². The van der Waals surface area contributed by atoms with Gasteiger partial charge in [0.25, 0.3) is 5.69 Å². The maximum atomic E-state index is 10.5. The first kappa shape index (κ1) is 13.5. The number of non-ortho nitro benzene ring substituents is 1. The van der Waals surface area contributed by atoms with Crippen molar-refractivity contribution < 1.29 is 4.92 Å². The Bertz CT molecular complexity index is 594. The molecule has 0 spiro atoms. The van der Waals surface area contributed by atoms with Gasteiger partial charge in [-0.15, -0.1) is 0 Å². The molecule has 0 unspecified atom stereocenters. The van der Waals surface area contributed by atoms with Gasteiger partial charge in [-0.1, -0.05) is 0 Å². The van der Waals surface area contributed by atoms with Crippen molar-refractivity contribution in [3.05, 3.63) is 67.8 Å². The fraction of sp³-hybridized carbons (Fsp3) is 0. The van der Waals surface area contributed by atoms with Crippen LogP contribution in [0.2, 0.25) is 0 Å². The van der Waals surface area contributed by atoms with Gasteiger partial charge in [0.05, 0.1) is 16.8 Å². The first-order valence-electron chi connectivity index (χ1n) is 5.44. The molecule has 0 saturated carbocycles. The molecule has 0 radical (unpaired) electrons. The highest BCUT2D eigenvalue weighted by Crippen LogP contribution is 2.12. The van der Waals surface area contributed by atoms with E-state index in [-0.39, 0.29) is 5.69 Å². The Morgan fingerprint density at radius 2 is 1.74 bits per heavy atom. The summed E-state index contributed by atoms with van der Waals surface area (Å²) in [4.78, 5) is 10.1. The van der Waals surface area contributed by atoms with Gasteiger partial charge in [0.1, 0.15) is 0 Å². The number of hydrazone groups is 1. The van der Waals surface area contributed by atoms with E-state index in [0.29, 0.717) is 0 Å². The van der Waals surface area contributed by atoms with Gasteiger partial charge in [0, 0.05) is 15.7 Å². The molecule has 0 bridgehead atoms. The number of nitrogens with one attached hydrogen (secondary N) is 1. The summed E-state index contributed by atoms with van der Waals surface area (Å²) < 4.78 is 1.16. The van der Waals surface area contributed by atoms with E-state index in [1.165, 1.54) is 12.1 Å². The molecule has 0 aromatic heterocycles. The average Bonchev–Trinajstić information content (AvgIpc) is 2.41. The van der Waals surface area contributed by atoms with E-state index in [0.717, 1.165) is 14.8 Å². The maximum absolute atomic E-state index is 10.5. The lowest BCUT2D eigenvalue weighted by molar-refractivity contribution is -0.384. The number of benzene rings is 2. The summed E-state index contributed by atoms with van der Waals surface area (Å²) in [5, 5.41) is 14.6. The molecular weight excluding hydrogens is 357 g/mol. The highest BCUT2D eigenvalue weighted by molar-refractivity contribution is 14.1. The number of anilines is 1. The molecule has 0 aliphatic carbocycles. The standard InChI is InChI=1S/C13H10IN3O2/c14-11-3-5-12(6-4-11)16-15-9-10-1-7-13(8-2-10)17(18)19/h1-9,16H/b15-9+. The summed E-state index contributed by atoms with van der Waals surface area (Å²) in [6.07, 6.45) is 1.61. The van der Waals surface area contributed by atoms with Crippen molar-refractivity contribution in [2.24, 2.45) is 5.10 Å². The molecule has 1 N–H and O–H groups in total. The van der Waals surface area contributed by atoms with Gasteiger partial charge in [0.15, 0.2) is 0 Å². The average molecular weight is 367 g/mol. The van der Waals surface area contributed by atoms with Crippen molar-refractivity contribution in [3.63, 3.8) is 0 Å². The summed E-state index contributed by atoms with van der Waals surface area (Å²) in [6.45, 7) is 0. The lowest BCUT2D eigenvalue weighted by Gasteiger charge is -1.99. The van der Waals surface area contributed by atoms with E-state index in [9.17, 15) is 10.1 Å². The predicted octanol–water partition coefficient (Wildman–Crippen LogP) is 3.65. The van der Waals surface area contributed by atoms with Crippen molar-refractivity contribution in [2.75, 3.05) is 5.43 Å². The van der Waals surface area contributed by atoms with Gasteiger partial charge in [-0.05, 0) is 64.6 Å². The monoisotopic (exact) mass is 367 g/mol. The van der Waals surface area contributed by atoms with Crippen LogP contribution in [-0.2, 0) is 0 Å². The maximum Gasteiger partial charge on any atom is 0.269 e.